The normalized spacial score (nSPS) is 37.1. The summed E-state index contributed by atoms with van der Waals surface area (Å²) in [5.74, 6) is 6.16. The molecule has 38 heavy (non-hydrogen) atoms. The number of carbonyl (C=O) groups is 1. The highest BCUT2D eigenvalue weighted by Crippen LogP contribution is 2.67. The molecular formula is C36H60O2. The second kappa shape index (κ2) is 12.6. The summed E-state index contributed by atoms with van der Waals surface area (Å²) in [5.41, 5.74) is 3.40. The van der Waals surface area contributed by atoms with E-state index in [1.54, 1.807) is 6.92 Å². The van der Waals surface area contributed by atoms with Crippen LogP contribution in [0.1, 0.15) is 138 Å². The van der Waals surface area contributed by atoms with Gasteiger partial charge in [0.25, 0.3) is 0 Å². The molecule has 1 unspecified atom stereocenters. The predicted octanol–water partition coefficient (Wildman–Crippen LogP) is 10.3. The number of hydrogen-bond donors (Lipinski definition) is 0. The van der Waals surface area contributed by atoms with Gasteiger partial charge in [-0.15, -0.1) is 0 Å². The van der Waals surface area contributed by atoms with Crippen LogP contribution in [0.4, 0.5) is 0 Å². The minimum absolute atomic E-state index is 0.244. The van der Waals surface area contributed by atoms with E-state index in [1.807, 2.05) is 5.57 Å². The van der Waals surface area contributed by atoms with Crippen molar-refractivity contribution in [2.75, 3.05) is 6.61 Å². The van der Waals surface area contributed by atoms with Gasteiger partial charge in [-0.05, 0) is 117 Å². The molecule has 0 saturated heterocycles. The van der Waals surface area contributed by atoms with Crippen LogP contribution in [0.15, 0.2) is 23.8 Å². The highest BCUT2D eigenvalue weighted by atomic mass is 16.5. The van der Waals surface area contributed by atoms with E-state index in [1.165, 1.54) is 83.5 Å². The van der Waals surface area contributed by atoms with E-state index in [2.05, 4.69) is 47.3 Å². The van der Waals surface area contributed by atoms with Crippen LogP contribution in [0.2, 0.25) is 0 Å². The topological polar surface area (TPSA) is 26.3 Å². The quantitative estimate of drug-likeness (QED) is 0.110. The van der Waals surface area contributed by atoms with Gasteiger partial charge in [-0.2, -0.15) is 0 Å². The molecule has 4 rings (SSSR count). The fourth-order valence-electron chi connectivity index (χ4n) is 10.0. The van der Waals surface area contributed by atoms with E-state index in [0.29, 0.717) is 23.0 Å². The zero-order valence-electron chi connectivity index (χ0n) is 26.0. The van der Waals surface area contributed by atoms with E-state index in [9.17, 15) is 4.79 Å². The lowest BCUT2D eigenvalue weighted by Gasteiger charge is -2.58. The Kier molecular flexibility index (Phi) is 9.95. The third-order valence-electron chi connectivity index (χ3n) is 12.2. The lowest BCUT2D eigenvalue weighted by atomic mass is 9.46. The molecule has 0 aromatic carbocycles. The molecular weight excluding hydrogens is 464 g/mol. The first kappa shape index (κ1) is 29.9. The van der Waals surface area contributed by atoms with Crippen LogP contribution in [-0.4, -0.2) is 12.6 Å². The summed E-state index contributed by atoms with van der Waals surface area (Å²) in [4.78, 5) is 11.5. The monoisotopic (exact) mass is 524 g/mol. The third-order valence-corrected chi connectivity index (χ3v) is 12.2. The Morgan fingerprint density at radius 1 is 1.00 bits per heavy atom. The van der Waals surface area contributed by atoms with E-state index in [4.69, 9.17) is 4.74 Å². The number of esters is 1. The molecule has 0 spiro atoms. The van der Waals surface area contributed by atoms with Gasteiger partial charge in [0, 0.05) is 5.57 Å². The number of ether oxygens (including phenoxy) is 1. The number of unbranched alkanes of at least 4 members (excludes halogenated alkanes) is 2. The van der Waals surface area contributed by atoms with Crippen molar-refractivity contribution in [2.45, 2.75) is 138 Å². The molecule has 2 nitrogen and oxygen atoms in total. The first-order valence-corrected chi connectivity index (χ1v) is 16.6. The summed E-state index contributed by atoms with van der Waals surface area (Å²) >= 11 is 0. The zero-order chi connectivity index (χ0) is 27.5. The van der Waals surface area contributed by atoms with Crippen LogP contribution >= 0.6 is 0 Å². The van der Waals surface area contributed by atoms with Gasteiger partial charge in [0.05, 0.1) is 6.61 Å². The molecule has 216 valence electrons. The molecule has 3 fully saturated rings. The molecule has 0 aliphatic heterocycles. The Bertz CT molecular complexity index is 853. The molecule has 2 heteroatoms. The molecule has 0 heterocycles. The standard InChI is InChI=1S/C36H60O2/c1-25(2)12-11-13-27(5)31-17-18-32-30-16-15-29-24-28(14-9-8-10-23-38-34(37)26(3)4)19-21-35(29,6)33(30)20-22-36(31,32)7/h15,25,27-28,30-33H,3,8-14,16-24H2,1-2,4-7H3/t27-,28?,30+,31-,32+,33+,35+,36-/m1/s1. The number of carbonyl (C=O) groups excluding carboxylic acids is 1. The van der Waals surface area contributed by atoms with Gasteiger partial charge < -0.3 is 4.74 Å². The zero-order valence-corrected chi connectivity index (χ0v) is 26.0. The van der Waals surface area contributed by atoms with E-state index >= 15 is 0 Å². The van der Waals surface area contributed by atoms with Crippen molar-refractivity contribution >= 4 is 5.97 Å². The van der Waals surface area contributed by atoms with Crippen LogP contribution < -0.4 is 0 Å². The maximum absolute atomic E-state index is 11.5. The largest absolute Gasteiger partial charge is 0.462 e. The highest BCUT2D eigenvalue weighted by molar-refractivity contribution is 5.86. The van der Waals surface area contributed by atoms with Crippen molar-refractivity contribution in [3.63, 3.8) is 0 Å². The summed E-state index contributed by atoms with van der Waals surface area (Å²) in [5, 5.41) is 0. The summed E-state index contributed by atoms with van der Waals surface area (Å²) in [6.45, 7) is 18.7. The summed E-state index contributed by atoms with van der Waals surface area (Å²) in [7, 11) is 0. The number of fused-ring (bicyclic) bond motifs is 5. The fraction of sp³-hybridized carbons (Fsp3) is 0.861. The average molecular weight is 525 g/mol. The second-order valence-corrected chi connectivity index (χ2v) is 15.2. The summed E-state index contributed by atoms with van der Waals surface area (Å²) in [6.07, 6.45) is 23.3. The van der Waals surface area contributed by atoms with Crippen molar-refractivity contribution in [1.82, 2.24) is 0 Å². The van der Waals surface area contributed by atoms with Crippen LogP contribution in [-0.2, 0) is 9.53 Å². The summed E-state index contributed by atoms with van der Waals surface area (Å²) in [6, 6.07) is 0. The SMILES string of the molecule is C=C(C)C(=O)OCCCCCC1CC[C@@]2(C)C(=CC[C@H]3[C@@H]4CC[C@H]([C@H](C)CCCC(C)C)[C@@]4(C)CC[C@@H]32)C1. The first-order valence-electron chi connectivity index (χ1n) is 16.6. The van der Waals surface area contributed by atoms with Crippen LogP contribution in [0, 0.1) is 52.3 Å². The van der Waals surface area contributed by atoms with Gasteiger partial charge >= 0.3 is 5.97 Å². The Morgan fingerprint density at radius 3 is 2.53 bits per heavy atom. The van der Waals surface area contributed by atoms with Gasteiger partial charge in [0.2, 0.25) is 0 Å². The Labute approximate surface area is 235 Å². The molecule has 0 aromatic heterocycles. The smallest absolute Gasteiger partial charge is 0.333 e. The molecule has 0 N–H and O–H groups in total. The van der Waals surface area contributed by atoms with E-state index in [0.717, 1.165) is 54.3 Å². The van der Waals surface area contributed by atoms with Crippen LogP contribution in [0.25, 0.3) is 0 Å². The van der Waals surface area contributed by atoms with Crippen molar-refractivity contribution in [1.29, 1.82) is 0 Å². The third kappa shape index (κ3) is 6.30. The molecule has 8 atom stereocenters. The van der Waals surface area contributed by atoms with Gasteiger partial charge in [-0.1, -0.05) is 91.4 Å². The molecule has 0 aromatic rings. The van der Waals surface area contributed by atoms with Gasteiger partial charge in [0.15, 0.2) is 0 Å². The molecule has 0 radical (unpaired) electrons. The predicted molar refractivity (Wildman–Crippen MR) is 161 cm³/mol. The van der Waals surface area contributed by atoms with Gasteiger partial charge in [-0.25, -0.2) is 4.79 Å². The number of allylic oxidation sites excluding steroid dienone is 2. The second-order valence-electron chi connectivity index (χ2n) is 15.2. The number of rotatable bonds is 12. The van der Waals surface area contributed by atoms with Gasteiger partial charge in [0.1, 0.15) is 0 Å². The van der Waals surface area contributed by atoms with Crippen LogP contribution in [0.3, 0.4) is 0 Å². The lowest BCUT2D eigenvalue weighted by molar-refractivity contribution is -0.139. The van der Waals surface area contributed by atoms with Crippen molar-refractivity contribution in [3.05, 3.63) is 23.8 Å². The van der Waals surface area contributed by atoms with Crippen molar-refractivity contribution < 1.29 is 9.53 Å². The Morgan fingerprint density at radius 2 is 1.79 bits per heavy atom. The fourth-order valence-corrected chi connectivity index (χ4v) is 10.0. The lowest BCUT2D eigenvalue weighted by Crippen LogP contribution is -2.50. The van der Waals surface area contributed by atoms with Crippen LogP contribution in [0.5, 0.6) is 0 Å². The average Bonchev–Trinajstić information content (AvgIpc) is 3.23. The number of hydrogen-bond acceptors (Lipinski definition) is 2. The minimum atomic E-state index is -0.244. The van der Waals surface area contributed by atoms with Gasteiger partial charge in [-0.3, -0.25) is 0 Å². The maximum Gasteiger partial charge on any atom is 0.333 e. The highest BCUT2D eigenvalue weighted by Gasteiger charge is 2.59. The molecule has 3 saturated carbocycles. The molecule has 4 aliphatic carbocycles. The maximum atomic E-state index is 11.5. The Balaban J connectivity index is 1.29. The first-order chi connectivity index (χ1) is 18.1. The molecule has 4 aliphatic rings. The van der Waals surface area contributed by atoms with Crippen molar-refractivity contribution in [2.24, 2.45) is 52.3 Å². The Hall–Kier alpha value is -1.05. The molecule has 0 bridgehead atoms. The van der Waals surface area contributed by atoms with E-state index < -0.39 is 0 Å². The summed E-state index contributed by atoms with van der Waals surface area (Å²) < 4.78 is 5.26. The van der Waals surface area contributed by atoms with Crippen molar-refractivity contribution in [3.8, 4) is 0 Å². The van der Waals surface area contributed by atoms with E-state index in [-0.39, 0.29) is 5.97 Å². The minimum Gasteiger partial charge on any atom is -0.462 e. The molecule has 0 amide bonds.